The highest BCUT2D eigenvalue weighted by Crippen LogP contribution is 2.58. The predicted molar refractivity (Wildman–Crippen MR) is 62.6 cm³/mol. The lowest BCUT2D eigenvalue weighted by Gasteiger charge is -2.41. The van der Waals surface area contributed by atoms with Crippen molar-refractivity contribution in [3.63, 3.8) is 0 Å². The molecule has 0 bridgehead atoms. The van der Waals surface area contributed by atoms with Gasteiger partial charge in [0, 0.05) is 5.41 Å². The van der Waals surface area contributed by atoms with Gasteiger partial charge in [0.2, 0.25) is 0 Å². The molecule has 0 aromatic carbocycles. The third-order valence-electron chi connectivity index (χ3n) is 3.56. The summed E-state index contributed by atoms with van der Waals surface area (Å²) in [6.45, 7) is 12.2. The highest BCUT2D eigenvalue weighted by atomic mass is 16.3. The first-order chi connectivity index (χ1) is 6.52. The zero-order chi connectivity index (χ0) is 12.1. The number of hydrogen-bond acceptors (Lipinski definition) is 2. The monoisotopic (exact) mass is 214 g/mol. The Morgan fingerprint density at radius 1 is 0.800 bits per heavy atom. The average molecular weight is 214 g/mol. The molecule has 0 saturated heterocycles. The van der Waals surface area contributed by atoms with E-state index in [0.29, 0.717) is 0 Å². The Hall–Kier alpha value is -0.0800. The van der Waals surface area contributed by atoms with Crippen molar-refractivity contribution in [1.29, 1.82) is 0 Å². The van der Waals surface area contributed by atoms with Gasteiger partial charge in [0.1, 0.15) is 0 Å². The molecular formula is C13H26O2. The highest BCUT2D eigenvalue weighted by Gasteiger charge is 2.59. The van der Waals surface area contributed by atoms with Crippen LogP contribution in [0.4, 0.5) is 0 Å². The van der Waals surface area contributed by atoms with E-state index in [1.54, 1.807) is 0 Å². The third kappa shape index (κ3) is 2.36. The number of hydrogen-bond donors (Lipinski definition) is 2. The van der Waals surface area contributed by atoms with E-state index in [0.717, 1.165) is 12.8 Å². The Labute approximate surface area is 93.7 Å². The third-order valence-corrected chi connectivity index (χ3v) is 3.56. The zero-order valence-corrected chi connectivity index (χ0v) is 11.0. The summed E-state index contributed by atoms with van der Waals surface area (Å²) in [7, 11) is 0. The Bertz CT molecular complexity index is 206. The second-order valence-electron chi connectivity index (χ2n) is 7.27. The summed E-state index contributed by atoms with van der Waals surface area (Å²) in [5.74, 6) is 0. The molecule has 2 atom stereocenters. The lowest BCUT2D eigenvalue weighted by Crippen LogP contribution is -2.47. The van der Waals surface area contributed by atoms with E-state index >= 15 is 0 Å². The topological polar surface area (TPSA) is 40.5 Å². The fourth-order valence-corrected chi connectivity index (χ4v) is 2.57. The Morgan fingerprint density at radius 2 is 1.07 bits per heavy atom. The molecule has 0 radical (unpaired) electrons. The van der Waals surface area contributed by atoms with Gasteiger partial charge in [0.05, 0.1) is 12.2 Å². The summed E-state index contributed by atoms with van der Waals surface area (Å²) in [5, 5.41) is 20.7. The quantitative estimate of drug-likeness (QED) is 0.741. The minimum absolute atomic E-state index is 0.150. The smallest absolute Gasteiger partial charge is 0.0669 e. The van der Waals surface area contributed by atoms with Crippen LogP contribution in [0.2, 0.25) is 0 Å². The van der Waals surface area contributed by atoms with Gasteiger partial charge < -0.3 is 10.2 Å². The number of rotatable bonds is 2. The molecule has 1 aliphatic rings. The largest absolute Gasteiger partial charge is 0.392 e. The minimum atomic E-state index is -0.417. The second kappa shape index (κ2) is 3.46. The van der Waals surface area contributed by atoms with Crippen molar-refractivity contribution in [2.75, 3.05) is 0 Å². The van der Waals surface area contributed by atoms with Crippen LogP contribution in [0, 0.1) is 16.2 Å². The van der Waals surface area contributed by atoms with Gasteiger partial charge in [-0.15, -0.1) is 0 Å². The van der Waals surface area contributed by atoms with E-state index in [2.05, 4.69) is 0 Å². The van der Waals surface area contributed by atoms with Crippen molar-refractivity contribution in [1.82, 2.24) is 0 Å². The molecule has 0 heterocycles. The maximum Gasteiger partial charge on any atom is 0.0669 e. The second-order valence-corrected chi connectivity index (χ2v) is 7.27. The van der Waals surface area contributed by atoms with Crippen molar-refractivity contribution in [3.8, 4) is 0 Å². The van der Waals surface area contributed by atoms with Crippen LogP contribution in [-0.4, -0.2) is 22.4 Å². The van der Waals surface area contributed by atoms with Gasteiger partial charge in [0.15, 0.2) is 0 Å². The molecule has 0 aromatic rings. The summed E-state index contributed by atoms with van der Waals surface area (Å²) >= 11 is 0. The van der Waals surface area contributed by atoms with Gasteiger partial charge in [-0.05, 0) is 23.7 Å². The minimum Gasteiger partial charge on any atom is -0.392 e. The van der Waals surface area contributed by atoms with E-state index in [1.165, 1.54) is 0 Å². The van der Waals surface area contributed by atoms with Crippen molar-refractivity contribution in [2.24, 2.45) is 16.2 Å². The summed E-state index contributed by atoms with van der Waals surface area (Å²) < 4.78 is 0. The van der Waals surface area contributed by atoms with Crippen LogP contribution in [0.3, 0.4) is 0 Å². The van der Waals surface area contributed by atoms with Crippen molar-refractivity contribution in [2.45, 2.75) is 66.6 Å². The summed E-state index contributed by atoms with van der Waals surface area (Å²) in [5.41, 5.74) is -0.554. The Kier molecular flexibility index (Phi) is 2.99. The Balaban J connectivity index is 2.85. The maximum absolute atomic E-state index is 10.3. The molecule has 0 amide bonds. The normalized spacial score (nSPS) is 24.8. The molecule has 0 spiro atoms. The maximum atomic E-state index is 10.3. The van der Waals surface area contributed by atoms with E-state index in [-0.39, 0.29) is 16.2 Å². The lowest BCUT2D eigenvalue weighted by atomic mass is 9.70. The van der Waals surface area contributed by atoms with Crippen LogP contribution in [0.25, 0.3) is 0 Å². The fourth-order valence-electron chi connectivity index (χ4n) is 2.57. The van der Waals surface area contributed by atoms with Crippen molar-refractivity contribution >= 4 is 0 Å². The van der Waals surface area contributed by atoms with Crippen LogP contribution >= 0.6 is 0 Å². The zero-order valence-electron chi connectivity index (χ0n) is 11.0. The first kappa shape index (κ1) is 13.0. The van der Waals surface area contributed by atoms with E-state index in [9.17, 15) is 10.2 Å². The molecule has 2 N–H and O–H groups in total. The van der Waals surface area contributed by atoms with Gasteiger partial charge in [-0.2, -0.15) is 0 Å². The predicted octanol–water partition coefficient (Wildman–Crippen LogP) is 2.58. The van der Waals surface area contributed by atoms with Gasteiger partial charge in [0.25, 0.3) is 0 Å². The van der Waals surface area contributed by atoms with Crippen LogP contribution < -0.4 is 0 Å². The van der Waals surface area contributed by atoms with Crippen LogP contribution in [-0.2, 0) is 0 Å². The van der Waals surface area contributed by atoms with Gasteiger partial charge in [-0.25, -0.2) is 0 Å². The van der Waals surface area contributed by atoms with Gasteiger partial charge in [-0.3, -0.25) is 0 Å². The summed E-state index contributed by atoms with van der Waals surface area (Å²) in [6.07, 6.45) is 1.06. The standard InChI is InChI=1S/C13H26O2/c1-11(2,3)9(14)13(7-8-13)10(15)12(4,5)6/h9-10,14-15H,7-8H2,1-6H3. The van der Waals surface area contributed by atoms with E-state index in [4.69, 9.17) is 0 Å². The number of aliphatic hydroxyl groups excluding tert-OH is 2. The number of aliphatic hydroxyl groups is 2. The molecule has 1 aliphatic carbocycles. The van der Waals surface area contributed by atoms with Crippen molar-refractivity contribution < 1.29 is 10.2 Å². The first-order valence-electron chi connectivity index (χ1n) is 5.88. The van der Waals surface area contributed by atoms with Gasteiger partial charge >= 0.3 is 0 Å². The highest BCUT2D eigenvalue weighted by molar-refractivity contribution is 5.09. The van der Waals surface area contributed by atoms with Crippen LogP contribution in [0.1, 0.15) is 54.4 Å². The van der Waals surface area contributed by atoms with Crippen molar-refractivity contribution in [3.05, 3.63) is 0 Å². The van der Waals surface area contributed by atoms with Crippen LogP contribution in [0.15, 0.2) is 0 Å². The van der Waals surface area contributed by atoms with Crippen LogP contribution in [0.5, 0.6) is 0 Å². The molecule has 15 heavy (non-hydrogen) atoms. The van der Waals surface area contributed by atoms with Gasteiger partial charge in [-0.1, -0.05) is 41.5 Å². The molecule has 90 valence electrons. The molecular weight excluding hydrogens is 188 g/mol. The molecule has 1 fully saturated rings. The van der Waals surface area contributed by atoms with E-state index in [1.807, 2.05) is 41.5 Å². The van der Waals surface area contributed by atoms with E-state index < -0.39 is 12.2 Å². The molecule has 0 aliphatic heterocycles. The summed E-state index contributed by atoms with van der Waals surface area (Å²) in [6, 6.07) is 0. The molecule has 2 nitrogen and oxygen atoms in total. The first-order valence-corrected chi connectivity index (χ1v) is 5.88. The lowest BCUT2D eigenvalue weighted by molar-refractivity contribution is -0.0952. The summed E-state index contributed by atoms with van der Waals surface area (Å²) in [4.78, 5) is 0. The Morgan fingerprint density at radius 3 is 1.20 bits per heavy atom. The molecule has 2 unspecified atom stereocenters. The molecule has 2 heteroatoms. The molecule has 0 aromatic heterocycles. The fraction of sp³-hybridized carbons (Fsp3) is 1.00. The molecule has 1 saturated carbocycles. The SMILES string of the molecule is CC(C)(C)C(O)C1(C(O)C(C)(C)C)CC1. The average Bonchev–Trinajstić information content (AvgIpc) is 2.78. The molecule has 1 rings (SSSR count).